The minimum Gasteiger partial charge on any atom is -0.295 e. The van der Waals surface area contributed by atoms with Crippen molar-refractivity contribution in [3.8, 4) is 0 Å². The molecule has 0 amide bonds. The third-order valence-electron chi connectivity index (χ3n) is 2.55. The lowest BCUT2D eigenvalue weighted by molar-refractivity contribution is -0.395. The van der Waals surface area contributed by atoms with Crippen LogP contribution in [0.25, 0.3) is 0 Å². The second-order valence-corrected chi connectivity index (χ2v) is 4.59. The summed E-state index contributed by atoms with van der Waals surface area (Å²) in [6, 6.07) is 12.5. The van der Waals surface area contributed by atoms with Crippen molar-refractivity contribution in [2.75, 3.05) is 0 Å². The number of nitrogens with zero attached hydrogens (tertiary/aromatic N) is 2. The van der Waals surface area contributed by atoms with E-state index in [2.05, 4.69) is 12.6 Å². The Kier molecular flexibility index (Phi) is 6.21. The van der Waals surface area contributed by atoms with Crippen LogP contribution in [0.15, 0.2) is 53.4 Å². The van der Waals surface area contributed by atoms with E-state index in [0.717, 1.165) is 17.7 Å². The number of carbonyl (C=O) groups is 1. The second kappa shape index (κ2) is 7.89. The first-order valence-electron chi connectivity index (χ1n) is 6.00. The van der Waals surface area contributed by atoms with Gasteiger partial charge in [-0.15, -0.1) is 12.6 Å². The molecule has 0 saturated carbocycles. The van der Waals surface area contributed by atoms with Gasteiger partial charge in [-0.25, -0.2) is 0 Å². The number of hydrogen-bond acceptors (Lipinski definition) is 6. The number of carbonyl (C=O) groups excluding carboxylic acids is 1. The summed E-state index contributed by atoms with van der Waals surface area (Å²) in [5.74, 6) is 0.121. The first kappa shape index (κ1) is 17.3. The van der Waals surface area contributed by atoms with Crippen molar-refractivity contribution < 1.29 is 14.6 Å². The molecule has 0 bridgehead atoms. The van der Waals surface area contributed by atoms with Gasteiger partial charge >= 0.3 is 0 Å². The summed E-state index contributed by atoms with van der Waals surface area (Å²) in [5.41, 5.74) is 0.0968. The normalized spacial score (nSPS) is 9.36. The number of nitro groups is 2. The standard InChI is InChI=1S/C8H8O.C6H4N2O4S/c1-7(9)8-5-3-2-4-6-8;9-7(10)4-1-2-6(13)5(3-4)8(11)12/h2-6H,1H3;1-3,13H. The summed E-state index contributed by atoms with van der Waals surface area (Å²) in [6.07, 6.45) is 0. The van der Waals surface area contributed by atoms with Gasteiger partial charge in [0, 0.05) is 11.6 Å². The van der Waals surface area contributed by atoms with Gasteiger partial charge in [-0.1, -0.05) is 30.3 Å². The zero-order valence-corrected chi connectivity index (χ0v) is 12.4. The topological polar surface area (TPSA) is 103 Å². The number of nitro benzene ring substituents is 2. The fourth-order valence-electron chi connectivity index (χ4n) is 1.44. The Morgan fingerprint density at radius 1 is 1.00 bits per heavy atom. The van der Waals surface area contributed by atoms with Gasteiger partial charge < -0.3 is 0 Å². The van der Waals surface area contributed by atoms with Crippen LogP contribution < -0.4 is 0 Å². The highest BCUT2D eigenvalue weighted by Gasteiger charge is 2.16. The predicted molar refractivity (Wildman–Crippen MR) is 83.4 cm³/mol. The average Bonchev–Trinajstić information content (AvgIpc) is 2.48. The van der Waals surface area contributed by atoms with E-state index in [0.29, 0.717) is 0 Å². The van der Waals surface area contributed by atoms with Crippen LogP contribution in [0.2, 0.25) is 0 Å². The largest absolute Gasteiger partial charge is 0.295 e. The van der Waals surface area contributed by atoms with Crippen molar-refractivity contribution in [1.29, 1.82) is 0 Å². The maximum atomic E-state index is 10.6. The van der Waals surface area contributed by atoms with Crippen molar-refractivity contribution >= 4 is 29.8 Å². The molecule has 0 aliphatic carbocycles. The molecule has 22 heavy (non-hydrogen) atoms. The third kappa shape index (κ3) is 4.98. The molecule has 0 N–H and O–H groups in total. The van der Waals surface area contributed by atoms with Crippen LogP contribution in [0.4, 0.5) is 11.4 Å². The van der Waals surface area contributed by atoms with Gasteiger partial charge in [0.05, 0.1) is 20.8 Å². The lowest BCUT2D eigenvalue weighted by atomic mass is 10.2. The number of rotatable bonds is 3. The van der Waals surface area contributed by atoms with E-state index in [1.807, 2.05) is 30.3 Å². The molecule has 0 fully saturated rings. The Hall–Kier alpha value is -2.74. The van der Waals surface area contributed by atoms with Crippen molar-refractivity contribution in [3.63, 3.8) is 0 Å². The van der Waals surface area contributed by atoms with Crippen LogP contribution in [0.3, 0.4) is 0 Å². The zero-order chi connectivity index (χ0) is 16.7. The van der Waals surface area contributed by atoms with E-state index in [4.69, 9.17) is 0 Å². The molecule has 0 spiro atoms. The zero-order valence-electron chi connectivity index (χ0n) is 11.5. The molecule has 114 valence electrons. The van der Waals surface area contributed by atoms with E-state index in [9.17, 15) is 25.0 Å². The molecule has 0 aliphatic rings. The summed E-state index contributed by atoms with van der Waals surface area (Å²) in [5, 5.41) is 20.6. The van der Waals surface area contributed by atoms with Gasteiger partial charge in [0.25, 0.3) is 11.4 Å². The average molecular weight is 320 g/mol. The van der Waals surface area contributed by atoms with Crippen LogP contribution in [0.5, 0.6) is 0 Å². The van der Waals surface area contributed by atoms with Gasteiger partial charge in [-0.2, -0.15) is 0 Å². The Morgan fingerprint density at radius 3 is 2.00 bits per heavy atom. The molecule has 0 radical (unpaired) electrons. The Bertz CT molecular complexity index is 704. The Morgan fingerprint density at radius 2 is 1.59 bits per heavy atom. The molecule has 0 heterocycles. The smallest absolute Gasteiger partial charge is 0.289 e. The van der Waals surface area contributed by atoms with Gasteiger partial charge in [0.1, 0.15) is 0 Å². The van der Waals surface area contributed by atoms with Gasteiger partial charge in [0.2, 0.25) is 0 Å². The number of hydrogen-bond donors (Lipinski definition) is 1. The molecule has 2 rings (SSSR count). The quantitative estimate of drug-likeness (QED) is 0.402. The van der Waals surface area contributed by atoms with Gasteiger partial charge in [-0.3, -0.25) is 25.0 Å². The van der Waals surface area contributed by atoms with E-state index < -0.39 is 9.85 Å². The first-order chi connectivity index (χ1) is 10.3. The Labute approximate surface area is 131 Å². The summed E-state index contributed by atoms with van der Waals surface area (Å²) < 4.78 is 0. The number of ketones is 1. The number of benzene rings is 2. The highest BCUT2D eigenvalue weighted by molar-refractivity contribution is 7.80. The molecule has 0 aliphatic heterocycles. The van der Waals surface area contributed by atoms with E-state index in [-0.39, 0.29) is 22.1 Å². The molecule has 2 aromatic carbocycles. The van der Waals surface area contributed by atoms with Gasteiger partial charge in [-0.05, 0) is 13.0 Å². The molecule has 7 nitrogen and oxygen atoms in total. The van der Waals surface area contributed by atoms with Crippen LogP contribution in [0, 0.1) is 20.2 Å². The second-order valence-electron chi connectivity index (χ2n) is 4.11. The number of Topliss-reactive ketones (excluding diaryl/α,β-unsaturated/α-hetero) is 1. The number of thiol groups is 1. The molecule has 0 aromatic heterocycles. The SMILES string of the molecule is CC(=O)c1ccccc1.O=[N+]([O-])c1ccc(S)c([N+](=O)[O-])c1. The summed E-state index contributed by atoms with van der Waals surface area (Å²) in [4.78, 5) is 29.9. The fourth-order valence-corrected chi connectivity index (χ4v) is 1.67. The highest BCUT2D eigenvalue weighted by Crippen LogP contribution is 2.26. The fraction of sp³-hybridized carbons (Fsp3) is 0.0714. The first-order valence-corrected chi connectivity index (χ1v) is 6.45. The monoisotopic (exact) mass is 320 g/mol. The van der Waals surface area contributed by atoms with Crippen molar-refractivity contribution in [2.45, 2.75) is 11.8 Å². The summed E-state index contributed by atoms with van der Waals surface area (Å²) in [7, 11) is 0. The van der Waals surface area contributed by atoms with Crippen LogP contribution in [-0.4, -0.2) is 15.6 Å². The van der Waals surface area contributed by atoms with Crippen molar-refractivity contribution in [1.82, 2.24) is 0 Å². The third-order valence-corrected chi connectivity index (χ3v) is 2.92. The summed E-state index contributed by atoms with van der Waals surface area (Å²) in [6.45, 7) is 1.56. The van der Waals surface area contributed by atoms with Crippen LogP contribution in [0.1, 0.15) is 17.3 Å². The van der Waals surface area contributed by atoms with Crippen LogP contribution >= 0.6 is 12.6 Å². The van der Waals surface area contributed by atoms with Gasteiger partial charge in [0.15, 0.2) is 5.78 Å². The Balaban J connectivity index is 0.000000235. The maximum Gasteiger partial charge on any atom is 0.289 e. The van der Waals surface area contributed by atoms with Crippen molar-refractivity contribution in [3.05, 3.63) is 74.3 Å². The minimum atomic E-state index is -0.713. The lowest BCUT2D eigenvalue weighted by Crippen LogP contribution is -1.93. The maximum absolute atomic E-state index is 10.6. The minimum absolute atomic E-state index is 0.107. The molecule has 0 unspecified atom stereocenters. The van der Waals surface area contributed by atoms with E-state index in [1.165, 1.54) is 6.07 Å². The van der Waals surface area contributed by atoms with E-state index >= 15 is 0 Å². The molecule has 8 heteroatoms. The molecule has 0 saturated heterocycles. The molecular weight excluding hydrogens is 308 g/mol. The highest BCUT2D eigenvalue weighted by atomic mass is 32.1. The van der Waals surface area contributed by atoms with Crippen LogP contribution in [-0.2, 0) is 0 Å². The molecule has 0 atom stereocenters. The van der Waals surface area contributed by atoms with E-state index in [1.54, 1.807) is 6.92 Å². The number of non-ortho nitro benzene ring substituents is 1. The lowest BCUT2D eigenvalue weighted by Gasteiger charge is -1.94. The van der Waals surface area contributed by atoms with Crippen molar-refractivity contribution in [2.24, 2.45) is 0 Å². The summed E-state index contributed by atoms with van der Waals surface area (Å²) >= 11 is 3.79. The predicted octanol–water partition coefficient (Wildman–Crippen LogP) is 3.68. The molecule has 2 aromatic rings. The molecular formula is C14H12N2O5S.